The van der Waals surface area contributed by atoms with E-state index in [-0.39, 0.29) is 6.54 Å². The van der Waals surface area contributed by atoms with Gasteiger partial charge in [0.1, 0.15) is 0 Å². The van der Waals surface area contributed by atoms with E-state index in [1.165, 1.54) is 6.07 Å². The second kappa shape index (κ2) is 4.81. The molecule has 0 amide bonds. The van der Waals surface area contributed by atoms with Crippen molar-refractivity contribution in [2.75, 3.05) is 13.6 Å². The molecular weight excluding hydrogens is 203 g/mol. The molecule has 6 heteroatoms. The fraction of sp³-hybridized carbons (Fsp3) is 0.333. The first-order valence-corrected chi connectivity index (χ1v) is 4.32. The summed E-state index contributed by atoms with van der Waals surface area (Å²) in [6.45, 7) is 0.261. The van der Waals surface area contributed by atoms with Crippen molar-refractivity contribution in [2.45, 2.75) is 6.10 Å². The van der Waals surface area contributed by atoms with E-state index < -0.39 is 22.5 Å². The number of nitrogens with one attached hydrogen (secondary N) is 1. The van der Waals surface area contributed by atoms with E-state index in [2.05, 4.69) is 5.32 Å². The zero-order valence-electron chi connectivity index (χ0n) is 8.11. The Morgan fingerprint density at radius 2 is 2.33 bits per heavy atom. The van der Waals surface area contributed by atoms with E-state index in [0.29, 0.717) is 5.56 Å². The van der Waals surface area contributed by atoms with E-state index in [0.717, 1.165) is 12.1 Å². The maximum absolute atomic E-state index is 13.1. The van der Waals surface area contributed by atoms with Gasteiger partial charge < -0.3 is 10.4 Å². The highest BCUT2D eigenvalue weighted by molar-refractivity contribution is 5.35. The van der Waals surface area contributed by atoms with Gasteiger partial charge in [0.05, 0.1) is 11.0 Å². The van der Waals surface area contributed by atoms with Gasteiger partial charge in [0, 0.05) is 12.6 Å². The molecule has 1 aromatic rings. The molecule has 0 saturated heterocycles. The fourth-order valence-electron chi connectivity index (χ4n) is 1.19. The third-order valence-corrected chi connectivity index (χ3v) is 1.95. The van der Waals surface area contributed by atoms with Crippen molar-refractivity contribution >= 4 is 5.69 Å². The molecule has 0 saturated carbocycles. The minimum Gasteiger partial charge on any atom is -0.387 e. The van der Waals surface area contributed by atoms with Gasteiger partial charge in [-0.05, 0) is 24.7 Å². The van der Waals surface area contributed by atoms with E-state index in [1.807, 2.05) is 0 Å². The fourth-order valence-corrected chi connectivity index (χ4v) is 1.19. The van der Waals surface area contributed by atoms with Gasteiger partial charge in [-0.15, -0.1) is 0 Å². The van der Waals surface area contributed by atoms with Crippen LogP contribution in [-0.2, 0) is 0 Å². The lowest BCUT2D eigenvalue weighted by Crippen LogP contribution is -2.16. The lowest BCUT2D eigenvalue weighted by molar-refractivity contribution is -0.387. The topological polar surface area (TPSA) is 75.4 Å². The number of nitro groups is 1. The van der Waals surface area contributed by atoms with E-state index in [9.17, 15) is 19.6 Å². The Morgan fingerprint density at radius 1 is 1.67 bits per heavy atom. The van der Waals surface area contributed by atoms with Gasteiger partial charge in [0.25, 0.3) is 0 Å². The Hall–Kier alpha value is -1.53. The molecule has 15 heavy (non-hydrogen) atoms. The summed E-state index contributed by atoms with van der Waals surface area (Å²) in [5.41, 5.74) is -0.275. The van der Waals surface area contributed by atoms with Crippen molar-refractivity contribution in [3.05, 3.63) is 39.7 Å². The Kier molecular flexibility index (Phi) is 3.70. The second-order valence-electron chi connectivity index (χ2n) is 3.04. The highest BCUT2D eigenvalue weighted by atomic mass is 19.1. The van der Waals surface area contributed by atoms with Gasteiger partial charge in [-0.1, -0.05) is 0 Å². The lowest BCUT2D eigenvalue weighted by atomic mass is 10.1. The van der Waals surface area contributed by atoms with Crippen molar-refractivity contribution < 1.29 is 14.4 Å². The van der Waals surface area contributed by atoms with Crippen molar-refractivity contribution in [3.8, 4) is 0 Å². The van der Waals surface area contributed by atoms with Crippen molar-refractivity contribution in [1.82, 2.24) is 5.32 Å². The molecule has 5 nitrogen and oxygen atoms in total. The molecule has 1 aromatic carbocycles. The van der Waals surface area contributed by atoms with Crippen LogP contribution in [0.1, 0.15) is 11.7 Å². The quantitative estimate of drug-likeness (QED) is 0.578. The minimum atomic E-state index is -0.937. The summed E-state index contributed by atoms with van der Waals surface area (Å²) in [6, 6.07) is 3.35. The maximum Gasteiger partial charge on any atom is 0.304 e. The molecule has 0 aliphatic carbocycles. The number of nitro benzene ring substituents is 1. The summed E-state index contributed by atoms with van der Waals surface area (Å²) in [5, 5.41) is 22.5. The second-order valence-corrected chi connectivity index (χ2v) is 3.04. The number of aliphatic hydroxyl groups excluding tert-OH is 1. The van der Waals surface area contributed by atoms with E-state index >= 15 is 0 Å². The number of hydrogen-bond acceptors (Lipinski definition) is 4. The van der Waals surface area contributed by atoms with Crippen molar-refractivity contribution in [2.24, 2.45) is 0 Å². The molecule has 0 aliphatic rings. The SMILES string of the molecule is CNCC(O)c1ccc([N+](=O)[O-])c(F)c1. The normalized spacial score (nSPS) is 12.5. The molecule has 0 aromatic heterocycles. The van der Waals surface area contributed by atoms with Gasteiger partial charge in [-0.25, -0.2) is 0 Å². The van der Waals surface area contributed by atoms with Gasteiger partial charge in [-0.3, -0.25) is 10.1 Å². The average Bonchev–Trinajstić information content (AvgIpc) is 2.17. The number of halogens is 1. The number of hydrogen-bond donors (Lipinski definition) is 2. The summed E-state index contributed by atoms with van der Waals surface area (Å²) >= 11 is 0. The molecule has 0 aliphatic heterocycles. The Labute approximate surface area is 85.7 Å². The molecule has 0 radical (unpaired) electrons. The van der Waals surface area contributed by atoms with Crippen LogP contribution in [0.5, 0.6) is 0 Å². The first-order valence-electron chi connectivity index (χ1n) is 4.32. The molecule has 0 spiro atoms. The van der Waals surface area contributed by atoms with Crippen molar-refractivity contribution in [1.29, 1.82) is 0 Å². The van der Waals surface area contributed by atoms with Gasteiger partial charge in [0.15, 0.2) is 0 Å². The average molecular weight is 214 g/mol. The summed E-state index contributed by atoms with van der Waals surface area (Å²) in [7, 11) is 1.64. The van der Waals surface area contributed by atoms with Crippen LogP contribution in [0.15, 0.2) is 18.2 Å². The lowest BCUT2D eigenvalue weighted by Gasteiger charge is -2.09. The zero-order chi connectivity index (χ0) is 11.4. The molecule has 1 unspecified atom stereocenters. The standard InChI is InChI=1S/C9H11FN2O3/c1-11-5-9(13)6-2-3-8(12(14)15)7(10)4-6/h2-4,9,11,13H,5H2,1H3. The summed E-state index contributed by atoms with van der Waals surface area (Å²) in [6.07, 6.45) is -0.870. The third-order valence-electron chi connectivity index (χ3n) is 1.95. The van der Waals surface area contributed by atoms with Crippen molar-refractivity contribution in [3.63, 3.8) is 0 Å². The molecule has 2 N–H and O–H groups in total. The highest BCUT2D eigenvalue weighted by Gasteiger charge is 2.16. The largest absolute Gasteiger partial charge is 0.387 e. The molecule has 0 heterocycles. The summed E-state index contributed by atoms with van der Waals surface area (Å²) in [5.74, 6) is -0.937. The molecular formula is C9H11FN2O3. The van der Waals surface area contributed by atoms with Crippen LogP contribution in [0.4, 0.5) is 10.1 Å². The predicted octanol–water partition coefficient (Wildman–Crippen LogP) is 0.987. The monoisotopic (exact) mass is 214 g/mol. The van der Waals surface area contributed by atoms with Crippen LogP contribution in [0.3, 0.4) is 0 Å². The number of benzene rings is 1. The molecule has 82 valence electrons. The summed E-state index contributed by atoms with van der Waals surface area (Å²) in [4.78, 5) is 9.52. The number of likely N-dealkylation sites (N-methyl/N-ethyl adjacent to an activating group) is 1. The Bertz CT molecular complexity index is 370. The van der Waals surface area contributed by atoms with Gasteiger partial charge in [-0.2, -0.15) is 4.39 Å². The molecule has 0 bridgehead atoms. The zero-order valence-corrected chi connectivity index (χ0v) is 8.11. The Balaban J connectivity index is 2.96. The predicted molar refractivity (Wildman–Crippen MR) is 51.9 cm³/mol. The van der Waals surface area contributed by atoms with Crippen LogP contribution in [0, 0.1) is 15.9 Å². The number of nitrogens with zero attached hydrogens (tertiary/aromatic N) is 1. The minimum absolute atomic E-state index is 0.261. The van der Waals surface area contributed by atoms with E-state index in [4.69, 9.17) is 0 Å². The summed E-state index contributed by atoms with van der Waals surface area (Å²) < 4.78 is 13.1. The molecule has 0 fully saturated rings. The molecule has 1 atom stereocenters. The van der Waals surface area contributed by atoms with Crippen LogP contribution in [-0.4, -0.2) is 23.6 Å². The third kappa shape index (κ3) is 2.71. The molecule has 1 rings (SSSR count). The van der Waals surface area contributed by atoms with E-state index in [1.54, 1.807) is 7.05 Å². The Morgan fingerprint density at radius 3 is 2.80 bits per heavy atom. The number of aliphatic hydroxyl groups is 1. The smallest absolute Gasteiger partial charge is 0.304 e. The maximum atomic E-state index is 13.1. The van der Waals surface area contributed by atoms with Crippen LogP contribution < -0.4 is 5.32 Å². The first kappa shape index (κ1) is 11.5. The van der Waals surface area contributed by atoms with Gasteiger partial charge >= 0.3 is 5.69 Å². The van der Waals surface area contributed by atoms with Crippen LogP contribution in [0.2, 0.25) is 0 Å². The van der Waals surface area contributed by atoms with Crippen LogP contribution in [0.25, 0.3) is 0 Å². The highest BCUT2D eigenvalue weighted by Crippen LogP contribution is 2.21. The number of rotatable bonds is 4. The van der Waals surface area contributed by atoms with Gasteiger partial charge in [0.2, 0.25) is 5.82 Å². The van der Waals surface area contributed by atoms with Crippen LogP contribution >= 0.6 is 0 Å². The first-order chi connectivity index (χ1) is 7.06.